The van der Waals surface area contributed by atoms with Gasteiger partial charge in [-0.3, -0.25) is 4.79 Å². The lowest BCUT2D eigenvalue weighted by atomic mass is 10.3. The first-order valence-corrected chi connectivity index (χ1v) is 2.70. The Kier molecular flexibility index (Phi) is 0.454. The van der Waals surface area contributed by atoms with E-state index in [2.05, 4.69) is 9.97 Å². The predicted molar refractivity (Wildman–Crippen MR) is 38.9 cm³/mol. The molecule has 0 unspecified atom stereocenters. The van der Waals surface area contributed by atoms with E-state index < -0.39 is 11.5 Å². The van der Waals surface area contributed by atoms with E-state index in [9.17, 15) is 4.79 Å². The van der Waals surface area contributed by atoms with Gasteiger partial charge in [-0.25, -0.2) is 0 Å². The van der Waals surface area contributed by atoms with Crippen molar-refractivity contribution < 1.29 is 5.48 Å². The fourth-order valence-corrected chi connectivity index (χ4v) is 0.758. The van der Waals surface area contributed by atoms with Crippen molar-refractivity contribution >= 4 is 11.0 Å². The van der Waals surface area contributed by atoms with Crippen molar-refractivity contribution in [3.8, 4) is 0 Å². The number of nitrogens with one attached hydrogen (secondary N) is 2. The highest BCUT2D eigenvalue weighted by atomic mass is 16.1. The second-order valence-electron chi connectivity index (χ2n) is 1.83. The zero-order chi connectivity index (χ0) is 10.5. The van der Waals surface area contributed by atoms with Crippen LogP contribution in [0.2, 0.25) is 0 Å². The molecule has 3 heteroatoms. The van der Waals surface area contributed by atoms with Crippen molar-refractivity contribution in [3.63, 3.8) is 0 Å². The van der Waals surface area contributed by atoms with Crippen molar-refractivity contribution in [1.29, 1.82) is 0 Å². The first-order valence-electron chi connectivity index (χ1n) is 4.70. The Bertz CT molecular complexity index is 571. The van der Waals surface area contributed by atoms with Gasteiger partial charge in [-0.05, 0) is 6.04 Å². The van der Waals surface area contributed by atoms with E-state index in [1.54, 1.807) is 0 Å². The molecule has 0 aliphatic heterocycles. The minimum absolute atomic E-state index is 0.0315. The predicted octanol–water partition coefficient (Wildman–Crippen LogP) is 0.856. The first-order chi connectivity index (χ1) is 6.52. The Labute approximate surface area is 62.3 Å². The summed E-state index contributed by atoms with van der Waals surface area (Å²) in [5.74, 6) is 0. The highest BCUT2D eigenvalue weighted by molar-refractivity contribution is 5.74. The van der Waals surface area contributed by atoms with Crippen molar-refractivity contribution in [3.05, 3.63) is 34.7 Å². The summed E-state index contributed by atoms with van der Waals surface area (Å²) in [6, 6.07) is -0.722. The van der Waals surface area contributed by atoms with Crippen molar-refractivity contribution in [2.45, 2.75) is 0 Å². The average Bonchev–Trinajstić information content (AvgIpc) is 2.39. The smallest absolute Gasteiger partial charge is 0.190 e. The van der Waals surface area contributed by atoms with E-state index in [1.807, 2.05) is 0 Å². The van der Waals surface area contributed by atoms with Gasteiger partial charge in [0.25, 0.3) is 0 Å². The van der Waals surface area contributed by atoms with Gasteiger partial charge < -0.3 is 9.97 Å². The second kappa shape index (κ2) is 1.73. The molecule has 0 amide bonds. The molecule has 0 aliphatic carbocycles. The number of hydrogen-bond acceptors (Lipinski definition) is 1. The molecular formula is C7H6N2O. The van der Waals surface area contributed by atoms with Gasteiger partial charge in [0.1, 0.15) is 5.65 Å². The zero-order valence-electron chi connectivity index (χ0n) is 8.91. The monoisotopic (exact) mass is 138 g/mol. The minimum atomic E-state index is -0.691. The van der Waals surface area contributed by atoms with Crippen molar-refractivity contribution in [2.24, 2.45) is 0 Å². The van der Waals surface area contributed by atoms with Gasteiger partial charge in [-0.1, -0.05) is 0 Å². The number of pyridine rings is 1. The highest BCUT2D eigenvalue weighted by Crippen LogP contribution is 2.00. The maximum Gasteiger partial charge on any atom is 0.190 e. The number of aromatic amines is 2. The first kappa shape index (κ1) is 2.62. The summed E-state index contributed by atoms with van der Waals surface area (Å²) >= 11 is 0. The van der Waals surface area contributed by atoms with Gasteiger partial charge in [-0.15, -0.1) is 0 Å². The second-order valence-corrected chi connectivity index (χ2v) is 1.83. The fourth-order valence-electron chi connectivity index (χ4n) is 0.758. The number of hydrogen-bond donors (Lipinski definition) is 2. The molecule has 0 radical (unpaired) electrons. The highest BCUT2D eigenvalue weighted by Gasteiger charge is 1.94. The van der Waals surface area contributed by atoms with Crippen LogP contribution in [0, 0.1) is 0 Å². The Hall–Kier alpha value is -1.51. The van der Waals surface area contributed by atoms with E-state index in [-0.39, 0.29) is 29.4 Å². The molecule has 10 heavy (non-hydrogen) atoms. The molecule has 2 heterocycles. The lowest BCUT2D eigenvalue weighted by Gasteiger charge is -1.84. The summed E-state index contributed by atoms with van der Waals surface area (Å²) in [6.45, 7) is 0. The average molecular weight is 138 g/mol. The van der Waals surface area contributed by atoms with Crippen LogP contribution in [0.5, 0.6) is 0 Å². The summed E-state index contributed by atoms with van der Waals surface area (Å²) < 4.78 is 29.1. The molecule has 2 rings (SSSR count). The van der Waals surface area contributed by atoms with Gasteiger partial charge in [0.05, 0.1) is 10.9 Å². The van der Waals surface area contributed by atoms with Gasteiger partial charge in [-0.2, -0.15) is 0 Å². The van der Waals surface area contributed by atoms with Crippen LogP contribution >= 0.6 is 0 Å². The molecule has 0 saturated carbocycles. The third-order valence-electron chi connectivity index (χ3n) is 1.22. The molecule has 0 atom stereocenters. The zero-order valence-corrected chi connectivity index (χ0v) is 4.91. The Morgan fingerprint density at radius 3 is 2.80 bits per heavy atom. The van der Waals surface area contributed by atoms with Crippen molar-refractivity contribution in [2.75, 3.05) is 0 Å². The van der Waals surface area contributed by atoms with Gasteiger partial charge >= 0.3 is 0 Å². The molecule has 2 N–H and O–H groups in total. The van der Waals surface area contributed by atoms with Crippen molar-refractivity contribution in [1.82, 2.24) is 9.97 Å². The lowest BCUT2D eigenvalue weighted by Crippen LogP contribution is -1.97. The summed E-state index contributed by atoms with van der Waals surface area (Å²) in [5.41, 5.74) is -0.533. The SMILES string of the molecule is [2H]c1[nH]c2[nH]c([2H])c([2H])c2c(=O)c1[2H]. The van der Waals surface area contributed by atoms with Crippen LogP contribution in [0.1, 0.15) is 5.48 Å². The molecular weight excluding hydrogens is 128 g/mol. The Morgan fingerprint density at radius 1 is 1.30 bits per heavy atom. The molecule has 0 fully saturated rings. The molecule has 0 aliphatic rings. The molecule has 0 bridgehead atoms. The molecule has 2 aromatic rings. The molecule has 0 saturated heterocycles. The number of rotatable bonds is 0. The van der Waals surface area contributed by atoms with Crippen LogP contribution in [0.4, 0.5) is 0 Å². The summed E-state index contributed by atoms with van der Waals surface area (Å²) in [5, 5.41) is -0.0315. The van der Waals surface area contributed by atoms with Crippen LogP contribution in [0.15, 0.2) is 29.2 Å². The van der Waals surface area contributed by atoms with Crippen LogP contribution in [-0.4, -0.2) is 9.97 Å². The van der Waals surface area contributed by atoms with E-state index in [0.29, 0.717) is 0 Å². The van der Waals surface area contributed by atoms with Gasteiger partial charge in [0, 0.05) is 18.4 Å². The van der Waals surface area contributed by atoms with E-state index in [0.717, 1.165) is 0 Å². The minimum Gasteiger partial charge on any atom is -0.348 e. The topological polar surface area (TPSA) is 48.6 Å². The number of aromatic nitrogens is 2. The quantitative estimate of drug-likeness (QED) is 0.557. The fraction of sp³-hybridized carbons (Fsp3) is 0. The summed E-state index contributed by atoms with van der Waals surface area (Å²) in [4.78, 5) is 16.3. The van der Waals surface area contributed by atoms with E-state index in [1.165, 1.54) is 0 Å². The van der Waals surface area contributed by atoms with E-state index in [4.69, 9.17) is 5.48 Å². The molecule has 2 aromatic heterocycles. The maximum absolute atomic E-state index is 11.4. The Morgan fingerprint density at radius 2 is 2.00 bits per heavy atom. The van der Waals surface area contributed by atoms with Crippen LogP contribution < -0.4 is 5.43 Å². The van der Waals surface area contributed by atoms with Crippen LogP contribution in [0.25, 0.3) is 11.0 Å². The summed E-state index contributed by atoms with van der Waals surface area (Å²) in [7, 11) is 0. The number of H-pyrrole nitrogens is 2. The standard InChI is InChI=1S/C7H6N2O/c10-6-2-4-9-7-5(6)1-3-8-7/h1-4H,(H2,8,9,10)/i1D,2D,3D,4D. The van der Waals surface area contributed by atoms with Crippen LogP contribution in [0.3, 0.4) is 0 Å². The molecule has 50 valence electrons. The third-order valence-corrected chi connectivity index (χ3v) is 1.22. The van der Waals surface area contributed by atoms with Gasteiger partial charge in [0.2, 0.25) is 0 Å². The van der Waals surface area contributed by atoms with Gasteiger partial charge in [0.15, 0.2) is 5.43 Å². The molecule has 0 aromatic carbocycles. The Balaban J connectivity index is 3.07. The number of fused-ring (bicyclic) bond motifs is 1. The lowest BCUT2D eigenvalue weighted by molar-refractivity contribution is 1.32. The van der Waals surface area contributed by atoms with Crippen LogP contribution in [-0.2, 0) is 0 Å². The summed E-state index contributed by atoms with van der Waals surface area (Å²) in [6.07, 6.45) is -0.512. The third kappa shape index (κ3) is 0.572. The molecule has 3 nitrogen and oxygen atoms in total. The molecule has 0 spiro atoms. The van der Waals surface area contributed by atoms with E-state index >= 15 is 0 Å². The maximum atomic E-state index is 11.4. The normalized spacial score (nSPS) is 16.0. The largest absolute Gasteiger partial charge is 0.348 e.